The largest absolute Gasteiger partial charge is 0.493 e. The topological polar surface area (TPSA) is 83.7 Å². The highest BCUT2D eigenvalue weighted by atomic mass is 16.5. The number of aromatic amines is 1. The van der Waals surface area contributed by atoms with Crippen LogP contribution in [0.5, 0.6) is 11.5 Å². The average molecular weight is 448 g/mol. The Balaban J connectivity index is 1.27. The lowest BCUT2D eigenvalue weighted by Crippen LogP contribution is -2.35. The number of benzene rings is 2. The molecule has 2 N–H and O–H groups in total. The smallest absolute Gasteiger partial charge is 0.223 e. The van der Waals surface area contributed by atoms with E-state index in [1.165, 1.54) is 16.5 Å². The second-order valence-corrected chi connectivity index (χ2v) is 8.00. The molecule has 33 heavy (non-hydrogen) atoms. The molecule has 3 aromatic rings. The molecular formula is C26H29N3O4. The van der Waals surface area contributed by atoms with Crippen LogP contribution >= 0.6 is 0 Å². The fourth-order valence-corrected chi connectivity index (χ4v) is 4.23. The molecule has 0 radical (unpaired) electrons. The van der Waals surface area contributed by atoms with Gasteiger partial charge in [-0.2, -0.15) is 0 Å². The highest BCUT2D eigenvalue weighted by Crippen LogP contribution is 2.31. The predicted octanol–water partition coefficient (Wildman–Crippen LogP) is 3.90. The van der Waals surface area contributed by atoms with Crippen molar-refractivity contribution in [2.75, 3.05) is 27.3 Å². The summed E-state index contributed by atoms with van der Waals surface area (Å²) in [5, 5.41) is 4.07. The number of carbonyl (C=O) groups excluding carboxylic acids is 2. The summed E-state index contributed by atoms with van der Waals surface area (Å²) in [4.78, 5) is 30.1. The van der Waals surface area contributed by atoms with E-state index in [2.05, 4.69) is 28.5 Å². The van der Waals surface area contributed by atoms with Gasteiger partial charge in [-0.05, 0) is 24.1 Å². The predicted molar refractivity (Wildman–Crippen MR) is 128 cm³/mol. The molecule has 0 aliphatic carbocycles. The number of carbonyl (C=O) groups is 2. The van der Waals surface area contributed by atoms with Crippen molar-refractivity contribution in [3.8, 4) is 11.5 Å². The minimum Gasteiger partial charge on any atom is -0.493 e. The van der Waals surface area contributed by atoms with Crippen LogP contribution in [-0.2, 0) is 16.1 Å². The van der Waals surface area contributed by atoms with Gasteiger partial charge in [0.2, 0.25) is 11.8 Å². The van der Waals surface area contributed by atoms with E-state index >= 15 is 0 Å². The van der Waals surface area contributed by atoms with Gasteiger partial charge in [-0.3, -0.25) is 9.59 Å². The first kappa shape index (κ1) is 22.5. The van der Waals surface area contributed by atoms with Crippen molar-refractivity contribution in [3.05, 3.63) is 65.9 Å². The van der Waals surface area contributed by atoms with Crippen molar-refractivity contribution in [2.45, 2.75) is 25.8 Å². The molecule has 7 heteroatoms. The zero-order valence-electron chi connectivity index (χ0n) is 19.0. The summed E-state index contributed by atoms with van der Waals surface area (Å²) in [6.07, 6.45) is 5.30. The minimum absolute atomic E-state index is 0.00154. The third-order valence-corrected chi connectivity index (χ3v) is 6.02. The first-order chi connectivity index (χ1) is 16.1. The molecule has 0 bridgehead atoms. The van der Waals surface area contributed by atoms with Crippen LogP contribution in [0.1, 0.15) is 30.4 Å². The Morgan fingerprint density at radius 1 is 1.06 bits per heavy atom. The van der Waals surface area contributed by atoms with E-state index in [1.807, 2.05) is 35.4 Å². The van der Waals surface area contributed by atoms with Crippen molar-refractivity contribution in [1.29, 1.82) is 0 Å². The van der Waals surface area contributed by atoms with Crippen molar-refractivity contribution in [3.63, 3.8) is 0 Å². The van der Waals surface area contributed by atoms with Gasteiger partial charge >= 0.3 is 0 Å². The zero-order valence-corrected chi connectivity index (χ0v) is 19.0. The van der Waals surface area contributed by atoms with Gasteiger partial charge in [-0.1, -0.05) is 36.4 Å². The molecular weight excluding hydrogens is 418 g/mol. The number of nitrogens with zero attached hydrogens (tertiary/aromatic N) is 1. The molecule has 0 unspecified atom stereocenters. The Kier molecular flexibility index (Phi) is 6.98. The lowest BCUT2D eigenvalue weighted by Gasteiger charge is -2.26. The van der Waals surface area contributed by atoms with Crippen molar-refractivity contribution < 1.29 is 19.1 Å². The highest BCUT2D eigenvalue weighted by Gasteiger charge is 2.20. The fourth-order valence-electron chi connectivity index (χ4n) is 4.23. The SMILES string of the molecule is COc1cccc(CNC(=O)CCC(=O)N2CC=C(c3c[nH]c4ccccc34)CC2)c1OC. The fraction of sp³-hybridized carbons (Fsp3) is 0.308. The number of H-pyrrole nitrogens is 1. The van der Waals surface area contributed by atoms with Gasteiger partial charge < -0.3 is 24.7 Å². The van der Waals surface area contributed by atoms with Gasteiger partial charge in [0.25, 0.3) is 0 Å². The van der Waals surface area contributed by atoms with Gasteiger partial charge in [0.15, 0.2) is 11.5 Å². The summed E-state index contributed by atoms with van der Waals surface area (Å²) in [5.74, 6) is 1.05. The monoisotopic (exact) mass is 447 g/mol. The number of rotatable bonds is 8. The molecule has 7 nitrogen and oxygen atoms in total. The first-order valence-corrected chi connectivity index (χ1v) is 11.1. The van der Waals surface area contributed by atoms with E-state index < -0.39 is 0 Å². The van der Waals surface area contributed by atoms with Gasteiger partial charge in [0, 0.05) is 60.7 Å². The van der Waals surface area contributed by atoms with Gasteiger partial charge in [0.05, 0.1) is 14.2 Å². The number of amides is 2. The number of fused-ring (bicyclic) bond motifs is 1. The maximum atomic E-state index is 12.6. The lowest BCUT2D eigenvalue weighted by atomic mass is 9.98. The third-order valence-electron chi connectivity index (χ3n) is 6.02. The number of nitrogens with one attached hydrogen (secondary N) is 2. The summed E-state index contributed by atoms with van der Waals surface area (Å²) in [7, 11) is 3.14. The average Bonchev–Trinajstić information content (AvgIpc) is 3.30. The molecule has 172 valence electrons. The normalized spacial score (nSPS) is 13.5. The zero-order chi connectivity index (χ0) is 23.2. The van der Waals surface area contributed by atoms with Crippen molar-refractivity contribution in [1.82, 2.24) is 15.2 Å². The molecule has 1 aromatic heterocycles. The van der Waals surface area contributed by atoms with Gasteiger partial charge in [-0.15, -0.1) is 0 Å². The number of hydrogen-bond donors (Lipinski definition) is 2. The van der Waals surface area contributed by atoms with Crippen LogP contribution in [0.4, 0.5) is 0 Å². The quantitative estimate of drug-likeness (QED) is 0.549. The Morgan fingerprint density at radius 3 is 2.67 bits per heavy atom. The molecule has 0 atom stereocenters. The highest BCUT2D eigenvalue weighted by molar-refractivity contribution is 5.93. The molecule has 0 saturated carbocycles. The first-order valence-electron chi connectivity index (χ1n) is 11.1. The second-order valence-electron chi connectivity index (χ2n) is 8.00. The molecule has 2 heterocycles. The van der Waals surface area contributed by atoms with E-state index in [1.54, 1.807) is 20.3 Å². The summed E-state index contributed by atoms with van der Waals surface area (Å²) in [5.41, 5.74) is 4.39. The number of methoxy groups -OCH3 is 2. The van der Waals surface area contributed by atoms with Crippen LogP contribution in [0.25, 0.3) is 16.5 Å². The molecule has 2 aromatic carbocycles. The number of hydrogen-bond acceptors (Lipinski definition) is 4. The summed E-state index contributed by atoms with van der Waals surface area (Å²) in [6.45, 7) is 1.54. The molecule has 0 saturated heterocycles. The molecule has 0 fully saturated rings. The van der Waals surface area contributed by atoms with Crippen LogP contribution in [0.15, 0.2) is 54.7 Å². The molecule has 0 spiro atoms. The van der Waals surface area contributed by atoms with E-state index in [0.717, 1.165) is 17.5 Å². The van der Waals surface area contributed by atoms with Crippen LogP contribution in [0.3, 0.4) is 0 Å². The van der Waals surface area contributed by atoms with Gasteiger partial charge in [-0.25, -0.2) is 0 Å². The summed E-state index contributed by atoms with van der Waals surface area (Å²) < 4.78 is 10.7. The van der Waals surface area contributed by atoms with Crippen molar-refractivity contribution >= 4 is 28.3 Å². The molecule has 1 aliphatic rings. The number of ether oxygens (including phenoxy) is 2. The Labute approximate surface area is 193 Å². The van der Waals surface area contributed by atoms with Crippen LogP contribution < -0.4 is 14.8 Å². The Morgan fingerprint density at radius 2 is 1.91 bits per heavy atom. The van der Waals surface area contributed by atoms with E-state index in [9.17, 15) is 9.59 Å². The van der Waals surface area contributed by atoms with Crippen LogP contribution in [0.2, 0.25) is 0 Å². The van der Waals surface area contributed by atoms with E-state index in [0.29, 0.717) is 31.1 Å². The summed E-state index contributed by atoms with van der Waals surface area (Å²) >= 11 is 0. The van der Waals surface area contributed by atoms with Crippen LogP contribution in [0, 0.1) is 0 Å². The number of para-hydroxylation sites is 2. The Bertz CT molecular complexity index is 1180. The van der Waals surface area contributed by atoms with Crippen LogP contribution in [-0.4, -0.2) is 49.0 Å². The van der Waals surface area contributed by atoms with Gasteiger partial charge in [0.1, 0.15) is 0 Å². The molecule has 4 rings (SSSR count). The molecule has 1 aliphatic heterocycles. The maximum Gasteiger partial charge on any atom is 0.223 e. The van der Waals surface area contributed by atoms with Crippen molar-refractivity contribution in [2.24, 2.45) is 0 Å². The minimum atomic E-state index is -0.166. The maximum absolute atomic E-state index is 12.6. The molecule has 2 amide bonds. The Hall–Kier alpha value is -3.74. The lowest BCUT2D eigenvalue weighted by molar-refractivity contribution is -0.133. The van der Waals surface area contributed by atoms with E-state index in [-0.39, 0.29) is 24.7 Å². The summed E-state index contributed by atoms with van der Waals surface area (Å²) in [6, 6.07) is 13.8. The third kappa shape index (κ3) is 5.03. The standard InChI is InChI=1S/C26H29N3O4/c1-32-23-9-5-6-19(26(23)33-2)16-28-24(30)10-11-25(31)29-14-12-18(13-15-29)21-17-27-22-8-4-3-7-20(21)22/h3-9,12,17,27H,10-11,13-16H2,1-2H3,(H,28,30). The van der Waals surface area contributed by atoms with E-state index in [4.69, 9.17) is 9.47 Å². The number of aromatic nitrogens is 1. The second kappa shape index (κ2) is 10.3.